The summed E-state index contributed by atoms with van der Waals surface area (Å²) in [5, 5.41) is 6.95. The quantitative estimate of drug-likeness (QED) is 0.516. The normalized spacial score (nSPS) is 10.6. The highest BCUT2D eigenvalue weighted by Gasteiger charge is 2.16. The Kier molecular flexibility index (Phi) is 5.72. The second-order valence-electron chi connectivity index (χ2n) is 6.58. The zero-order chi connectivity index (χ0) is 20.9. The van der Waals surface area contributed by atoms with Gasteiger partial charge in [-0.15, -0.1) is 0 Å². The molecule has 0 unspecified atom stereocenters. The molecule has 0 radical (unpaired) electrons. The Balaban J connectivity index is 1.58. The van der Waals surface area contributed by atoms with E-state index in [2.05, 4.69) is 15.7 Å². The number of hydrogen-bond donors (Lipinski definition) is 1. The van der Waals surface area contributed by atoms with Crippen molar-refractivity contribution in [1.82, 2.24) is 14.9 Å². The van der Waals surface area contributed by atoms with E-state index in [1.807, 2.05) is 35.7 Å². The van der Waals surface area contributed by atoms with Gasteiger partial charge in [-0.3, -0.25) is 19.1 Å². The van der Waals surface area contributed by atoms with E-state index in [1.165, 1.54) is 23.9 Å². The highest BCUT2D eigenvalue weighted by Crippen LogP contribution is 2.22. The van der Waals surface area contributed by atoms with Crippen molar-refractivity contribution in [2.45, 2.75) is 6.54 Å². The Labute approximate surface area is 177 Å². The van der Waals surface area contributed by atoms with Crippen molar-refractivity contribution in [3.8, 4) is 22.6 Å². The molecule has 0 aliphatic carbocycles. The van der Waals surface area contributed by atoms with E-state index in [-0.39, 0.29) is 22.8 Å². The number of hydrogen-bond acceptors (Lipinski definition) is 5. The molecule has 1 amide bonds. The first kappa shape index (κ1) is 19.6. The first-order valence-corrected chi connectivity index (χ1v) is 10.2. The van der Waals surface area contributed by atoms with Crippen LogP contribution in [0.1, 0.15) is 15.9 Å². The lowest BCUT2D eigenvalue weighted by atomic mass is 10.1. The van der Waals surface area contributed by atoms with Crippen molar-refractivity contribution in [1.29, 1.82) is 0 Å². The van der Waals surface area contributed by atoms with Crippen molar-refractivity contribution in [2.24, 2.45) is 0 Å². The van der Waals surface area contributed by atoms with Crippen LogP contribution in [-0.2, 0) is 6.54 Å². The van der Waals surface area contributed by atoms with Gasteiger partial charge in [-0.2, -0.15) is 11.3 Å². The average Bonchev–Trinajstić information content (AvgIpc) is 3.33. The first-order chi connectivity index (χ1) is 14.7. The summed E-state index contributed by atoms with van der Waals surface area (Å²) < 4.78 is 6.70. The molecule has 6 nitrogen and oxygen atoms in total. The van der Waals surface area contributed by atoms with E-state index in [9.17, 15) is 9.59 Å². The second-order valence-corrected chi connectivity index (χ2v) is 7.36. The summed E-state index contributed by atoms with van der Waals surface area (Å²) in [6.07, 6.45) is 5.02. The van der Waals surface area contributed by atoms with Crippen LogP contribution in [0.5, 0.6) is 5.75 Å². The van der Waals surface area contributed by atoms with Gasteiger partial charge in [0.05, 0.1) is 12.7 Å². The molecule has 30 heavy (non-hydrogen) atoms. The third kappa shape index (κ3) is 4.16. The molecule has 4 rings (SSSR count). The Morgan fingerprint density at radius 3 is 2.70 bits per heavy atom. The van der Waals surface area contributed by atoms with E-state index < -0.39 is 0 Å². The molecule has 3 heterocycles. The lowest BCUT2D eigenvalue weighted by Crippen LogP contribution is -2.27. The molecule has 4 aromatic rings. The fraction of sp³-hybridized carbons (Fsp3) is 0.0870. The smallest absolute Gasteiger partial charge is 0.258 e. The minimum Gasteiger partial charge on any atom is -0.496 e. The number of para-hydroxylation sites is 1. The van der Waals surface area contributed by atoms with Crippen LogP contribution in [0.2, 0.25) is 0 Å². The summed E-state index contributed by atoms with van der Waals surface area (Å²) in [4.78, 5) is 29.6. The van der Waals surface area contributed by atoms with Crippen molar-refractivity contribution in [3.05, 3.63) is 99.4 Å². The van der Waals surface area contributed by atoms with Gasteiger partial charge in [-0.1, -0.05) is 18.2 Å². The summed E-state index contributed by atoms with van der Waals surface area (Å²) in [7, 11) is 1.44. The molecule has 0 fully saturated rings. The first-order valence-electron chi connectivity index (χ1n) is 9.26. The Hall–Kier alpha value is -3.71. The fourth-order valence-electron chi connectivity index (χ4n) is 3.09. The highest BCUT2D eigenvalue weighted by molar-refractivity contribution is 7.08. The molecule has 150 valence electrons. The molecular weight excluding hydrogens is 398 g/mol. The van der Waals surface area contributed by atoms with E-state index in [0.29, 0.717) is 12.2 Å². The summed E-state index contributed by atoms with van der Waals surface area (Å²) in [6, 6.07) is 14.5. The van der Waals surface area contributed by atoms with Crippen molar-refractivity contribution < 1.29 is 9.53 Å². The maximum absolute atomic E-state index is 12.9. The largest absolute Gasteiger partial charge is 0.496 e. The lowest BCUT2D eigenvalue weighted by molar-refractivity contribution is 0.0947. The van der Waals surface area contributed by atoms with E-state index >= 15 is 0 Å². The molecule has 3 aromatic heterocycles. The van der Waals surface area contributed by atoms with Crippen LogP contribution in [0.15, 0.2) is 82.7 Å². The maximum atomic E-state index is 12.9. The number of carbonyl (C=O) groups is 1. The Bertz CT molecular complexity index is 1220. The molecule has 0 saturated carbocycles. The van der Waals surface area contributed by atoms with Gasteiger partial charge >= 0.3 is 0 Å². The van der Waals surface area contributed by atoms with Crippen molar-refractivity contribution >= 4 is 17.2 Å². The number of carbonyl (C=O) groups excluding carboxylic acids is 1. The van der Waals surface area contributed by atoms with Crippen LogP contribution >= 0.6 is 11.3 Å². The number of methoxy groups -OCH3 is 1. The van der Waals surface area contributed by atoms with Gasteiger partial charge in [0, 0.05) is 42.5 Å². The van der Waals surface area contributed by atoms with E-state index in [4.69, 9.17) is 4.74 Å². The number of pyridine rings is 2. The summed E-state index contributed by atoms with van der Waals surface area (Å²) in [5.74, 6) is -0.104. The topological polar surface area (TPSA) is 73.2 Å². The van der Waals surface area contributed by atoms with Gasteiger partial charge in [0.15, 0.2) is 0 Å². The van der Waals surface area contributed by atoms with Crippen molar-refractivity contribution in [2.75, 3.05) is 7.11 Å². The molecule has 1 aromatic carbocycles. The predicted molar refractivity (Wildman–Crippen MR) is 117 cm³/mol. The standard InChI is InChI=1S/C23H19N3O3S/c1-29-21-10-22(27)26(19-5-3-2-4-6-19)14-20(21)23(28)25-12-16-9-18(13-24-11-16)17-7-8-30-15-17/h2-11,13-15H,12H2,1H3,(H,25,28). The second kappa shape index (κ2) is 8.75. The van der Waals surface area contributed by atoms with Crippen molar-refractivity contribution in [3.63, 3.8) is 0 Å². The number of amides is 1. The van der Waals surface area contributed by atoms with Gasteiger partial charge in [0.25, 0.3) is 11.5 Å². The number of thiophene rings is 1. The third-order valence-electron chi connectivity index (χ3n) is 4.62. The zero-order valence-corrected chi connectivity index (χ0v) is 17.1. The summed E-state index contributed by atoms with van der Waals surface area (Å²) >= 11 is 1.62. The maximum Gasteiger partial charge on any atom is 0.258 e. The number of rotatable bonds is 6. The van der Waals surface area contributed by atoms with Crippen LogP contribution < -0.4 is 15.6 Å². The van der Waals surface area contributed by atoms with Gasteiger partial charge in [0.1, 0.15) is 5.75 Å². The molecule has 7 heteroatoms. The number of ether oxygens (including phenoxy) is 1. The number of nitrogens with zero attached hydrogens (tertiary/aromatic N) is 2. The molecular formula is C23H19N3O3S. The molecule has 0 aliphatic rings. The predicted octanol–water partition coefficient (Wildman–Crippen LogP) is 3.90. The summed E-state index contributed by atoms with van der Waals surface area (Å²) in [5.41, 5.74) is 3.65. The minimum atomic E-state index is -0.336. The fourth-order valence-corrected chi connectivity index (χ4v) is 3.76. The van der Waals surface area contributed by atoms with Crippen LogP contribution in [0.25, 0.3) is 16.8 Å². The molecule has 0 bridgehead atoms. The number of aromatic nitrogens is 2. The number of benzene rings is 1. The lowest BCUT2D eigenvalue weighted by Gasteiger charge is -2.13. The number of nitrogens with one attached hydrogen (secondary N) is 1. The SMILES string of the molecule is COc1cc(=O)n(-c2ccccc2)cc1C(=O)NCc1cncc(-c2ccsc2)c1. The van der Waals surface area contributed by atoms with Gasteiger partial charge in [-0.05, 0) is 46.2 Å². The average molecular weight is 417 g/mol. The van der Waals surface area contributed by atoms with Gasteiger partial charge in [0.2, 0.25) is 0 Å². The van der Waals surface area contributed by atoms with Gasteiger partial charge < -0.3 is 10.1 Å². The molecule has 0 atom stereocenters. The Morgan fingerprint density at radius 2 is 1.97 bits per heavy atom. The van der Waals surface area contributed by atoms with Gasteiger partial charge in [-0.25, -0.2) is 0 Å². The van der Waals surface area contributed by atoms with Crippen LogP contribution in [0.3, 0.4) is 0 Å². The van der Waals surface area contributed by atoms with E-state index in [0.717, 1.165) is 16.7 Å². The third-order valence-corrected chi connectivity index (χ3v) is 5.30. The summed E-state index contributed by atoms with van der Waals surface area (Å²) in [6.45, 7) is 0.303. The monoisotopic (exact) mass is 417 g/mol. The molecule has 0 spiro atoms. The van der Waals surface area contributed by atoms with E-state index in [1.54, 1.807) is 35.9 Å². The van der Waals surface area contributed by atoms with Crippen LogP contribution in [0, 0.1) is 0 Å². The molecule has 0 saturated heterocycles. The minimum absolute atomic E-state index is 0.231. The molecule has 0 aliphatic heterocycles. The highest BCUT2D eigenvalue weighted by atomic mass is 32.1. The zero-order valence-electron chi connectivity index (χ0n) is 16.2. The molecule has 1 N–H and O–H groups in total. The Morgan fingerprint density at radius 1 is 1.13 bits per heavy atom. The van der Waals surface area contributed by atoms with Crippen LogP contribution in [0.4, 0.5) is 0 Å². The van der Waals surface area contributed by atoms with Crippen LogP contribution in [-0.4, -0.2) is 22.6 Å².